The van der Waals surface area contributed by atoms with E-state index < -0.39 is 0 Å². The fourth-order valence-corrected chi connectivity index (χ4v) is 4.67. The van der Waals surface area contributed by atoms with Crippen LogP contribution >= 0.6 is 0 Å². The first-order valence-electron chi connectivity index (χ1n) is 12.1. The van der Waals surface area contributed by atoms with Gasteiger partial charge in [-0.05, 0) is 24.0 Å². The first-order valence-corrected chi connectivity index (χ1v) is 12.1. The predicted molar refractivity (Wildman–Crippen MR) is 130 cm³/mol. The Kier molecular flexibility index (Phi) is 7.16. The van der Waals surface area contributed by atoms with Gasteiger partial charge >= 0.3 is 6.03 Å². The van der Waals surface area contributed by atoms with Crippen LogP contribution in [0.5, 0.6) is 0 Å². The van der Waals surface area contributed by atoms with Crippen molar-refractivity contribution in [2.24, 2.45) is 0 Å². The number of H-pyrrole nitrogens is 1. The Labute approximate surface area is 200 Å². The van der Waals surface area contributed by atoms with Crippen LogP contribution in [0.2, 0.25) is 0 Å². The highest BCUT2D eigenvalue weighted by atomic mass is 16.5. The van der Waals surface area contributed by atoms with Crippen LogP contribution in [-0.2, 0) is 17.8 Å². The van der Waals surface area contributed by atoms with Crippen LogP contribution in [0, 0.1) is 0 Å². The minimum absolute atomic E-state index is 0.000392. The Morgan fingerprint density at radius 1 is 1.00 bits per heavy atom. The number of aromatic amines is 1. The summed E-state index contributed by atoms with van der Waals surface area (Å²) in [6.07, 6.45) is 1.76. The quantitative estimate of drug-likeness (QED) is 0.589. The second kappa shape index (κ2) is 10.8. The van der Waals surface area contributed by atoms with Crippen molar-refractivity contribution in [2.75, 3.05) is 39.4 Å². The van der Waals surface area contributed by atoms with Gasteiger partial charge in [0, 0.05) is 50.7 Å². The topological polar surface area (TPSA) is 86.4 Å². The normalized spacial score (nSPS) is 17.6. The summed E-state index contributed by atoms with van der Waals surface area (Å²) in [5.74, 6) is 1.94. The molecule has 0 unspecified atom stereocenters. The maximum absolute atomic E-state index is 12.8. The van der Waals surface area contributed by atoms with Gasteiger partial charge in [0.05, 0.1) is 13.2 Å². The number of urea groups is 1. The summed E-state index contributed by atoms with van der Waals surface area (Å²) in [5, 5.41) is 10.6. The molecule has 2 saturated heterocycles. The molecule has 2 N–H and O–H groups in total. The van der Waals surface area contributed by atoms with E-state index in [-0.39, 0.29) is 6.03 Å². The number of hydrogen-bond acceptors (Lipinski definition) is 5. The molecule has 8 nitrogen and oxygen atoms in total. The van der Waals surface area contributed by atoms with Gasteiger partial charge in [-0.3, -0.25) is 10.00 Å². The van der Waals surface area contributed by atoms with Crippen molar-refractivity contribution in [1.82, 2.24) is 30.3 Å². The summed E-state index contributed by atoms with van der Waals surface area (Å²) < 4.78 is 5.43. The van der Waals surface area contributed by atoms with Crippen LogP contribution in [-0.4, -0.2) is 70.4 Å². The van der Waals surface area contributed by atoms with Crippen molar-refractivity contribution >= 4 is 6.03 Å². The first kappa shape index (κ1) is 22.6. The first-order chi connectivity index (χ1) is 16.7. The average Bonchev–Trinajstić information content (AvgIpc) is 3.39. The van der Waals surface area contributed by atoms with Gasteiger partial charge in [-0.2, -0.15) is 5.10 Å². The van der Waals surface area contributed by atoms with E-state index in [1.807, 2.05) is 35.2 Å². The number of carbonyl (C=O) groups excluding carboxylic acids is 1. The largest absolute Gasteiger partial charge is 0.379 e. The molecule has 0 spiro atoms. The lowest BCUT2D eigenvalue weighted by Crippen LogP contribution is -2.44. The molecule has 0 saturated carbocycles. The number of amides is 2. The monoisotopic (exact) mass is 460 g/mol. The zero-order valence-corrected chi connectivity index (χ0v) is 19.4. The number of benzene rings is 2. The van der Waals surface area contributed by atoms with Gasteiger partial charge in [-0.15, -0.1) is 0 Å². The molecule has 2 aliphatic heterocycles. The van der Waals surface area contributed by atoms with Crippen molar-refractivity contribution in [2.45, 2.75) is 31.8 Å². The molecular weight excluding hydrogens is 428 g/mol. The van der Waals surface area contributed by atoms with Crippen LogP contribution in [0.3, 0.4) is 0 Å². The van der Waals surface area contributed by atoms with Gasteiger partial charge < -0.3 is 15.0 Å². The summed E-state index contributed by atoms with van der Waals surface area (Å²) in [7, 11) is 0. The lowest BCUT2D eigenvalue weighted by Gasteiger charge is -2.31. The van der Waals surface area contributed by atoms with E-state index in [2.05, 4.69) is 44.7 Å². The number of carbonyl (C=O) groups is 1. The maximum Gasteiger partial charge on any atom is 0.317 e. The summed E-state index contributed by atoms with van der Waals surface area (Å²) in [6, 6.07) is 18.5. The molecule has 2 aliphatic rings. The lowest BCUT2D eigenvalue weighted by molar-refractivity contribution is 0.0342. The van der Waals surface area contributed by atoms with Crippen molar-refractivity contribution in [3.05, 3.63) is 71.5 Å². The second-order valence-corrected chi connectivity index (χ2v) is 9.04. The molecule has 8 heteroatoms. The SMILES string of the molecule is O=C(NCc1cccc(CN2CCOCC2)c1)N1CCC(c2nc(-c3ccccc3)n[nH]2)CC1. The Bertz CT molecular complexity index is 1070. The molecule has 2 amide bonds. The zero-order valence-electron chi connectivity index (χ0n) is 19.4. The van der Waals surface area contributed by atoms with Crippen molar-refractivity contribution in [1.29, 1.82) is 0 Å². The minimum atomic E-state index is -0.000392. The van der Waals surface area contributed by atoms with Crippen LogP contribution in [0.4, 0.5) is 4.79 Å². The smallest absolute Gasteiger partial charge is 0.317 e. The number of likely N-dealkylation sites (tertiary alicyclic amines) is 1. The number of piperidine rings is 1. The number of rotatable bonds is 6. The van der Waals surface area contributed by atoms with Crippen molar-refractivity contribution in [3.8, 4) is 11.4 Å². The number of nitrogens with one attached hydrogen (secondary N) is 2. The molecule has 5 rings (SSSR count). The van der Waals surface area contributed by atoms with Gasteiger partial charge in [0.2, 0.25) is 0 Å². The highest BCUT2D eigenvalue weighted by Crippen LogP contribution is 2.27. The Morgan fingerprint density at radius 2 is 1.76 bits per heavy atom. The molecule has 1 aromatic heterocycles. The molecular formula is C26H32N6O2. The van der Waals surface area contributed by atoms with Crippen LogP contribution in [0.1, 0.15) is 35.7 Å². The van der Waals surface area contributed by atoms with Crippen molar-refractivity contribution in [3.63, 3.8) is 0 Å². The third kappa shape index (κ3) is 5.63. The number of ether oxygens (including phenoxy) is 1. The number of aromatic nitrogens is 3. The molecule has 2 fully saturated rings. The van der Waals surface area contributed by atoms with Crippen LogP contribution < -0.4 is 5.32 Å². The van der Waals surface area contributed by atoms with Gasteiger partial charge in [0.25, 0.3) is 0 Å². The van der Waals surface area contributed by atoms with Crippen LogP contribution in [0.15, 0.2) is 54.6 Å². The summed E-state index contributed by atoms with van der Waals surface area (Å²) >= 11 is 0. The average molecular weight is 461 g/mol. The summed E-state index contributed by atoms with van der Waals surface area (Å²) in [5.41, 5.74) is 3.41. The number of hydrogen-bond donors (Lipinski definition) is 2. The zero-order chi connectivity index (χ0) is 23.2. The highest BCUT2D eigenvalue weighted by Gasteiger charge is 2.26. The Balaban J connectivity index is 1.09. The molecule has 0 radical (unpaired) electrons. The van der Waals surface area contributed by atoms with Gasteiger partial charge in [-0.25, -0.2) is 9.78 Å². The van der Waals surface area contributed by atoms with E-state index in [1.165, 1.54) is 5.56 Å². The molecule has 178 valence electrons. The minimum Gasteiger partial charge on any atom is -0.379 e. The maximum atomic E-state index is 12.8. The van der Waals surface area contributed by atoms with E-state index in [0.29, 0.717) is 12.5 Å². The molecule has 0 aliphatic carbocycles. The van der Waals surface area contributed by atoms with E-state index in [1.54, 1.807) is 0 Å². The fourth-order valence-electron chi connectivity index (χ4n) is 4.67. The van der Waals surface area contributed by atoms with E-state index in [4.69, 9.17) is 9.72 Å². The third-order valence-corrected chi connectivity index (χ3v) is 6.65. The summed E-state index contributed by atoms with van der Waals surface area (Å²) in [6.45, 7) is 6.44. The van der Waals surface area contributed by atoms with Gasteiger partial charge in [0.15, 0.2) is 5.82 Å². The van der Waals surface area contributed by atoms with Crippen molar-refractivity contribution < 1.29 is 9.53 Å². The predicted octanol–water partition coefficient (Wildman–Crippen LogP) is 3.39. The fraction of sp³-hybridized carbons (Fsp3) is 0.423. The second-order valence-electron chi connectivity index (χ2n) is 9.04. The number of morpholine rings is 1. The third-order valence-electron chi connectivity index (χ3n) is 6.65. The van der Waals surface area contributed by atoms with Gasteiger partial charge in [-0.1, -0.05) is 54.6 Å². The highest BCUT2D eigenvalue weighted by molar-refractivity contribution is 5.74. The van der Waals surface area contributed by atoms with Gasteiger partial charge in [0.1, 0.15) is 5.82 Å². The lowest BCUT2D eigenvalue weighted by atomic mass is 9.96. The Morgan fingerprint density at radius 3 is 2.56 bits per heavy atom. The molecule has 0 bridgehead atoms. The Hall–Kier alpha value is -3.23. The molecule has 0 atom stereocenters. The number of nitrogens with zero attached hydrogens (tertiary/aromatic N) is 4. The van der Waals surface area contributed by atoms with E-state index in [0.717, 1.165) is 81.6 Å². The van der Waals surface area contributed by atoms with Crippen LogP contribution in [0.25, 0.3) is 11.4 Å². The molecule has 2 aromatic carbocycles. The molecule has 3 heterocycles. The molecule has 34 heavy (non-hydrogen) atoms. The standard InChI is InChI=1S/C26H32N6O2/c33-26(27-18-20-5-4-6-21(17-20)19-31-13-15-34-16-14-31)32-11-9-23(10-12-32)25-28-24(29-30-25)22-7-2-1-3-8-22/h1-8,17,23H,9-16,18-19H2,(H,27,33)(H,28,29,30). The van der Waals surface area contributed by atoms with E-state index in [9.17, 15) is 4.79 Å². The molecule has 3 aromatic rings. The summed E-state index contributed by atoms with van der Waals surface area (Å²) in [4.78, 5) is 21.8. The van der Waals surface area contributed by atoms with E-state index >= 15 is 0 Å².